The standard InChI is InChI=1S/C54H40N4/c1-3-15-36(16-4-1)53-52-42-21-8-7-14-35(42)26-29-47(52)55-54(56-53)39-17-13-20-41(32-39)58-49-25-12-10-23-44(49)46-34-38(28-31-51(46)58)37-27-30-50-45(33-37)43-22-9-11-24-48(43)57(50)40-18-5-2-6-19-40/h1-12,14-16,18-34,53-56H,13,17H2. The first-order chi connectivity index (χ1) is 28.8. The monoisotopic (exact) mass is 744 g/mol. The van der Waals surface area contributed by atoms with Crippen LogP contribution in [0.4, 0.5) is 5.69 Å². The minimum atomic E-state index is -0.00924. The van der Waals surface area contributed by atoms with Gasteiger partial charge in [0.25, 0.3) is 0 Å². The first-order valence-electron chi connectivity index (χ1n) is 20.4. The highest BCUT2D eigenvalue weighted by Gasteiger charge is 2.31. The van der Waals surface area contributed by atoms with E-state index >= 15 is 0 Å². The zero-order valence-electron chi connectivity index (χ0n) is 31.9. The summed E-state index contributed by atoms with van der Waals surface area (Å²) in [7, 11) is 0. The van der Waals surface area contributed by atoms with Crippen molar-refractivity contribution in [3.05, 3.63) is 211 Å². The minimum absolute atomic E-state index is 0.00924. The molecule has 1 aliphatic carbocycles. The Morgan fingerprint density at radius 3 is 1.79 bits per heavy atom. The molecule has 12 rings (SSSR count). The molecule has 0 spiro atoms. The van der Waals surface area contributed by atoms with Crippen molar-refractivity contribution in [1.29, 1.82) is 0 Å². The van der Waals surface area contributed by atoms with Gasteiger partial charge in [-0.1, -0.05) is 133 Å². The molecule has 2 aromatic heterocycles. The molecule has 2 aliphatic rings. The topological polar surface area (TPSA) is 33.9 Å². The summed E-state index contributed by atoms with van der Waals surface area (Å²) < 4.78 is 4.86. The van der Waals surface area contributed by atoms with E-state index in [2.05, 4.69) is 214 Å². The van der Waals surface area contributed by atoms with Crippen LogP contribution in [0.1, 0.15) is 30.0 Å². The molecule has 0 bridgehead atoms. The zero-order chi connectivity index (χ0) is 38.2. The molecule has 10 aromatic rings. The van der Waals surface area contributed by atoms with Crippen LogP contribution in [0, 0.1) is 0 Å². The molecule has 0 fully saturated rings. The van der Waals surface area contributed by atoms with Crippen LogP contribution < -0.4 is 10.6 Å². The van der Waals surface area contributed by atoms with E-state index in [9.17, 15) is 0 Å². The van der Waals surface area contributed by atoms with Crippen molar-refractivity contribution in [2.75, 3.05) is 5.32 Å². The highest BCUT2D eigenvalue weighted by Crippen LogP contribution is 2.42. The van der Waals surface area contributed by atoms with Crippen molar-refractivity contribution in [3.8, 4) is 16.8 Å². The molecular formula is C54H40N4. The van der Waals surface area contributed by atoms with E-state index in [-0.39, 0.29) is 12.2 Å². The van der Waals surface area contributed by atoms with Crippen molar-refractivity contribution >= 4 is 65.8 Å². The molecule has 0 saturated heterocycles. The number of fused-ring (bicyclic) bond motifs is 9. The van der Waals surface area contributed by atoms with E-state index < -0.39 is 0 Å². The second-order valence-corrected chi connectivity index (χ2v) is 15.7. The lowest BCUT2D eigenvalue weighted by Gasteiger charge is -2.38. The first-order valence-corrected chi connectivity index (χ1v) is 20.4. The summed E-state index contributed by atoms with van der Waals surface area (Å²) >= 11 is 0. The van der Waals surface area contributed by atoms with E-state index in [1.54, 1.807) is 0 Å². The summed E-state index contributed by atoms with van der Waals surface area (Å²) in [6, 6.07) is 66.5. The zero-order valence-corrected chi connectivity index (χ0v) is 31.9. The summed E-state index contributed by atoms with van der Waals surface area (Å²) in [5, 5.41) is 15.6. The fourth-order valence-corrected chi connectivity index (χ4v) is 9.82. The Hall–Kier alpha value is -7.14. The molecular weight excluding hydrogens is 705 g/mol. The fraction of sp³-hybridized carbons (Fsp3) is 0.0741. The highest BCUT2D eigenvalue weighted by molar-refractivity contribution is 6.13. The number of nitrogens with zero attached hydrogens (tertiary/aromatic N) is 2. The Labute approximate surface area is 337 Å². The van der Waals surface area contributed by atoms with Gasteiger partial charge in [0.05, 0.1) is 28.1 Å². The minimum Gasteiger partial charge on any atom is -0.366 e. The number of rotatable bonds is 5. The lowest BCUT2D eigenvalue weighted by molar-refractivity contribution is 0.524. The van der Waals surface area contributed by atoms with Crippen LogP contribution in [-0.2, 0) is 0 Å². The molecule has 8 aromatic carbocycles. The Kier molecular flexibility index (Phi) is 7.54. The van der Waals surface area contributed by atoms with Gasteiger partial charge < -0.3 is 14.5 Å². The number of nitrogens with one attached hydrogen (secondary N) is 2. The summed E-state index contributed by atoms with van der Waals surface area (Å²) in [5.41, 5.74) is 14.9. The van der Waals surface area contributed by atoms with Gasteiger partial charge in [-0.3, -0.25) is 5.32 Å². The van der Waals surface area contributed by atoms with Crippen molar-refractivity contribution in [1.82, 2.24) is 14.5 Å². The van der Waals surface area contributed by atoms with Crippen LogP contribution in [0.5, 0.6) is 0 Å². The second-order valence-electron chi connectivity index (χ2n) is 15.7. The fourth-order valence-electron chi connectivity index (χ4n) is 9.82. The maximum atomic E-state index is 4.07. The third-order valence-electron chi connectivity index (χ3n) is 12.5. The molecule has 0 radical (unpaired) electrons. The Balaban J connectivity index is 0.949. The SMILES string of the molecule is C1=C(C2Nc3ccc4ccccc4c3C(c3ccccc3)N2)CCC=C1n1c2ccccc2c2cc(-c3ccc4c(c3)c3ccccc3n4-c3ccccc3)ccc21. The Bertz CT molecular complexity index is 3290. The highest BCUT2D eigenvalue weighted by atomic mass is 15.2. The van der Waals surface area contributed by atoms with Gasteiger partial charge in [-0.15, -0.1) is 0 Å². The molecule has 4 nitrogen and oxygen atoms in total. The van der Waals surface area contributed by atoms with E-state index in [0.717, 1.165) is 12.8 Å². The summed E-state index contributed by atoms with van der Waals surface area (Å²) in [5.74, 6) is 0. The summed E-state index contributed by atoms with van der Waals surface area (Å²) in [6.45, 7) is 0. The number of para-hydroxylation sites is 3. The predicted octanol–water partition coefficient (Wildman–Crippen LogP) is 13.4. The third-order valence-corrected chi connectivity index (χ3v) is 12.5. The van der Waals surface area contributed by atoms with Crippen LogP contribution in [0.15, 0.2) is 200 Å². The van der Waals surface area contributed by atoms with Crippen LogP contribution in [-0.4, -0.2) is 15.3 Å². The van der Waals surface area contributed by atoms with Crippen molar-refractivity contribution in [3.63, 3.8) is 0 Å². The number of hydrogen-bond donors (Lipinski definition) is 2. The molecule has 58 heavy (non-hydrogen) atoms. The van der Waals surface area contributed by atoms with Gasteiger partial charge in [0.1, 0.15) is 6.17 Å². The number of anilines is 1. The third kappa shape index (κ3) is 5.19. The summed E-state index contributed by atoms with van der Waals surface area (Å²) in [4.78, 5) is 0. The predicted molar refractivity (Wildman–Crippen MR) is 244 cm³/mol. The quantitative estimate of drug-likeness (QED) is 0.184. The van der Waals surface area contributed by atoms with Crippen molar-refractivity contribution in [2.24, 2.45) is 0 Å². The van der Waals surface area contributed by atoms with Gasteiger partial charge in [0, 0.05) is 44.2 Å². The number of allylic oxidation sites excluding steroid dienone is 3. The van der Waals surface area contributed by atoms with E-state index in [1.165, 1.54) is 99.3 Å². The molecule has 2 N–H and O–H groups in total. The van der Waals surface area contributed by atoms with Gasteiger partial charge in [-0.25, -0.2) is 0 Å². The molecule has 276 valence electrons. The van der Waals surface area contributed by atoms with Gasteiger partial charge in [0.15, 0.2) is 0 Å². The molecule has 4 heteroatoms. The van der Waals surface area contributed by atoms with E-state index in [4.69, 9.17) is 0 Å². The molecule has 2 unspecified atom stereocenters. The van der Waals surface area contributed by atoms with Gasteiger partial charge in [0.2, 0.25) is 0 Å². The molecule has 3 heterocycles. The molecule has 0 saturated carbocycles. The van der Waals surface area contributed by atoms with Crippen molar-refractivity contribution < 1.29 is 0 Å². The molecule has 2 atom stereocenters. The summed E-state index contributed by atoms with van der Waals surface area (Å²) in [6.07, 6.45) is 6.80. The molecule has 1 aliphatic heterocycles. The van der Waals surface area contributed by atoms with Gasteiger partial charge in [-0.2, -0.15) is 0 Å². The van der Waals surface area contributed by atoms with Crippen LogP contribution in [0.3, 0.4) is 0 Å². The largest absolute Gasteiger partial charge is 0.366 e. The lowest BCUT2D eigenvalue weighted by atomic mass is 9.88. The van der Waals surface area contributed by atoms with Crippen LogP contribution in [0.2, 0.25) is 0 Å². The second kappa shape index (κ2) is 13.2. The van der Waals surface area contributed by atoms with E-state index in [0.29, 0.717) is 0 Å². The number of benzene rings is 8. The smallest absolute Gasteiger partial charge is 0.100 e. The number of hydrogen-bond acceptors (Lipinski definition) is 2. The van der Waals surface area contributed by atoms with E-state index in [1.807, 2.05) is 0 Å². The molecule has 0 amide bonds. The maximum absolute atomic E-state index is 4.07. The maximum Gasteiger partial charge on any atom is 0.100 e. The van der Waals surface area contributed by atoms with Crippen molar-refractivity contribution in [2.45, 2.75) is 25.0 Å². The Morgan fingerprint density at radius 1 is 0.483 bits per heavy atom. The number of aromatic nitrogens is 2. The normalized spacial score (nSPS) is 16.8. The first kappa shape index (κ1) is 33.0. The van der Waals surface area contributed by atoms with Gasteiger partial charge in [-0.05, 0) is 107 Å². The Morgan fingerprint density at radius 2 is 1.07 bits per heavy atom. The lowest BCUT2D eigenvalue weighted by Crippen LogP contribution is -2.45. The van der Waals surface area contributed by atoms with Crippen LogP contribution in [0.25, 0.3) is 76.9 Å². The van der Waals surface area contributed by atoms with Crippen LogP contribution >= 0.6 is 0 Å². The average molecular weight is 745 g/mol. The van der Waals surface area contributed by atoms with Gasteiger partial charge >= 0.3 is 0 Å². The average Bonchev–Trinajstić information content (AvgIpc) is 3.81.